The highest BCUT2D eigenvalue weighted by atomic mass is 19.4. The quantitative estimate of drug-likeness (QED) is 0.380. The number of esters is 1. The maximum absolute atomic E-state index is 14.9. The number of nitrogens with one attached hydrogen (secondary N) is 1. The first-order valence-electron chi connectivity index (χ1n) is 12.2. The van der Waals surface area contributed by atoms with Gasteiger partial charge in [-0.2, -0.15) is 18.3 Å². The Morgan fingerprint density at radius 2 is 1.80 bits per heavy atom. The number of hydrogen-bond acceptors (Lipinski definition) is 6. The molecule has 2 aliphatic heterocycles. The number of alkyl halides is 3. The van der Waals surface area contributed by atoms with Gasteiger partial charge in [0.15, 0.2) is 0 Å². The minimum atomic E-state index is -5.34. The molecule has 0 spiro atoms. The van der Waals surface area contributed by atoms with Crippen molar-refractivity contribution in [1.82, 2.24) is 15.1 Å². The van der Waals surface area contributed by atoms with Crippen LogP contribution in [0.2, 0.25) is 0 Å². The molecule has 2 amide bonds. The van der Waals surface area contributed by atoms with Gasteiger partial charge in [-0.05, 0) is 49.2 Å². The molecule has 3 heterocycles. The minimum absolute atomic E-state index is 0.140. The number of nitrogens with zero attached hydrogens (tertiary/aromatic N) is 3. The van der Waals surface area contributed by atoms with Gasteiger partial charge < -0.3 is 9.64 Å². The number of anilines is 1. The Kier molecular flexibility index (Phi) is 6.47. The number of fused-ring (bicyclic) bond motifs is 2. The monoisotopic (exact) mass is 558 g/mol. The summed E-state index contributed by atoms with van der Waals surface area (Å²) in [6, 6.07) is 10.1. The molecule has 13 heteroatoms. The standard InChI is InChI=1S/C27H22F4N4O5/c1-14-15(2)22(36)33-32-20(14)11-16-8-9-19(28)18(10-16)23(37)34-13-26(40-25(39)27(29,30)31)12-21(34)24(38)35(26)17-6-4-3-5-7-17/h3-10,21H,11-13H2,1-2H3,(H,33,36)/t21-,26-/m0/s1. The second-order valence-corrected chi connectivity index (χ2v) is 9.74. The predicted molar refractivity (Wildman–Crippen MR) is 132 cm³/mol. The summed E-state index contributed by atoms with van der Waals surface area (Å²) in [5.74, 6) is -5.13. The van der Waals surface area contributed by atoms with Crippen molar-refractivity contribution < 1.29 is 36.7 Å². The van der Waals surface area contributed by atoms with Crippen molar-refractivity contribution in [2.75, 3.05) is 11.4 Å². The van der Waals surface area contributed by atoms with Crippen molar-refractivity contribution in [1.29, 1.82) is 0 Å². The number of hydrogen-bond donors (Lipinski definition) is 1. The van der Waals surface area contributed by atoms with E-state index in [0.717, 1.165) is 15.9 Å². The topological polar surface area (TPSA) is 113 Å². The van der Waals surface area contributed by atoms with E-state index in [2.05, 4.69) is 10.2 Å². The van der Waals surface area contributed by atoms with Crippen molar-refractivity contribution >= 4 is 23.5 Å². The molecule has 5 rings (SSSR count). The Bertz CT molecular complexity index is 1590. The van der Waals surface area contributed by atoms with Gasteiger partial charge in [-0.15, -0.1) is 0 Å². The normalized spacial score (nSPS) is 20.2. The molecule has 0 aliphatic carbocycles. The van der Waals surface area contributed by atoms with Gasteiger partial charge in [-0.1, -0.05) is 24.3 Å². The van der Waals surface area contributed by atoms with Gasteiger partial charge in [0.1, 0.15) is 11.9 Å². The third kappa shape index (κ3) is 4.50. The molecule has 1 N–H and O–H groups in total. The van der Waals surface area contributed by atoms with Crippen LogP contribution in [0, 0.1) is 19.7 Å². The van der Waals surface area contributed by atoms with E-state index in [1.54, 1.807) is 32.0 Å². The molecule has 2 atom stereocenters. The van der Waals surface area contributed by atoms with E-state index in [1.807, 2.05) is 0 Å². The van der Waals surface area contributed by atoms with Crippen LogP contribution in [0.3, 0.4) is 0 Å². The molecule has 0 saturated carbocycles. The van der Waals surface area contributed by atoms with E-state index in [0.29, 0.717) is 22.4 Å². The molecule has 2 saturated heterocycles. The van der Waals surface area contributed by atoms with E-state index in [4.69, 9.17) is 4.74 Å². The van der Waals surface area contributed by atoms with Crippen LogP contribution in [0.15, 0.2) is 53.3 Å². The summed E-state index contributed by atoms with van der Waals surface area (Å²) < 4.78 is 59.4. The van der Waals surface area contributed by atoms with E-state index >= 15 is 0 Å². The van der Waals surface area contributed by atoms with Crippen molar-refractivity contribution in [3.8, 4) is 0 Å². The number of H-pyrrole nitrogens is 1. The average Bonchev–Trinajstić information content (AvgIpc) is 3.42. The number of ether oxygens (including phenoxy) is 1. The number of carbonyl (C=O) groups excluding carboxylic acids is 3. The Morgan fingerprint density at radius 3 is 2.48 bits per heavy atom. The zero-order valence-electron chi connectivity index (χ0n) is 21.2. The minimum Gasteiger partial charge on any atom is -0.430 e. The summed E-state index contributed by atoms with van der Waals surface area (Å²) in [7, 11) is 0. The van der Waals surface area contributed by atoms with E-state index < -0.39 is 60.1 Å². The number of piperazine rings is 1. The average molecular weight is 558 g/mol. The summed E-state index contributed by atoms with van der Waals surface area (Å²) in [6.45, 7) is 2.73. The summed E-state index contributed by atoms with van der Waals surface area (Å²) in [5.41, 5.74) is -0.678. The maximum Gasteiger partial charge on any atom is 0.491 e. The number of halogens is 4. The van der Waals surface area contributed by atoms with Crippen molar-refractivity contribution in [3.05, 3.63) is 92.6 Å². The van der Waals surface area contributed by atoms with Crippen molar-refractivity contribution in [3.63, 3.8) is 0 Å². The zero-order valence-corrected chi connectivity index (χ0v) is 21.2. The van der Waals surface area contributed by atoms with Crippen molar-refractivity contribution in [2.24, 2.45) is 0 Å². The molecule has 0 radical (unpaired) electrons. The van der Waals surface area contributed by atoms with Gasteiger partial charge in [0.25, 0.3) is 17.4 Å². The van der Waals surface area contributed by atoms with Gasteiger partial charge in [0.05, 0.1) is 17.8 Å². The lowest BCUT2D eigenvalue weighted by molar-refractivity contribution is -0.212. The number of carbonyl (C=O) groups is 3. The Labute approximate surface area is 224 Å². The Balaban J connectivity index is 1.48. The third-order valence-electron chi connectivity index (χ3n) is 7.27. The van der Waals surface area contributed by atoms with Gasteiger partial charge in [0, 0.05) is 24.1 Å². The van der Waals surface area contributed by atoms with Crippen LogP contribution in [0.1, 0.15) is 39.2 Å². The van der Waals surface area contributed by atoms with Gasteiger partial charge in [0.2, 0.25) is 5.72 Å². The number of para-hydroxylation sites is 1. The van der Waals surface area contributed by atoms with Crippen molar-refractivity contribution in [2.45, 2.75) is 44.6 Å². The van der Waals surface area contributed by atoms with E-state index in [9.17, 15) is 36.7 Å². The lowest BCUT2D eigenvalue weighted by Gasteiger charge is -2.41. The first-order chi connectivity index (χ1) is 18.8. The molecular weight excluding hydrogens is 536 g/mol. The second-order valence-electron chi connectivity index (χ2n) is 9.74. The highest BCUT2D eigenvalue weighted by Crippen LogP contribution is 2.46. The number of rotatable bonds is 5. The van der Waals surface area contributed by atoms with Crippen LogP contribution < -0.4 is 10.5 Å². The van der Waals surface area contributed by atoms with Crippen LogP contribution in [0.25, 0.3) is 0 Å². The fourth-order valence-corrected chi connectivity index (χ4v) is 5.13. The molecule has 0 unspecified atom stereocenters. The summed E-state index contributed by atoms with van der Waals surface area (Å²) in [5, 5.41) is 6.40. The first-order valence-corrected chi connectivity index (χ1v) is 12.2. The molecule has 1 aromatic heterocycles. The zero-order chi connectivity index (χ0) is 29.0. The van der Waals surface area contributed by atoms with Gasteiger partial charge in [-0.25, -0.2) is 14.3 Å². The molecule has 2 fully saturated rings. The lowest BCUT2D eigenvalue weighted by atomic mass is 10.0. The molecule has 2 aliphatic rings. The van der Waals surface area contributed by atoms with E-state index in [-0.39, 0.29) is 17.7 Å². The van der Waals surface area contributed by atoms with Gasteiger partial charge >= 0.3 is 12.1 Å². The van der Waals surface area contributed by atoms with Crippen LogP contribution >= 0.6 is 0 Å². The third-order valence-corrected chi connectivity index (χ3v) is 7.27. The summed E-state index contributed by atoms with van der Waals surface area (Å²) in [4.78, 5) is 52.5. The number of amides is 2. The second kappa shape index (κ2) is 9.57. The molecule has 9 nitrogen and oxygen atoms in total. The Morgan fingerprint density at radius 1 is 1.10 bits per heavy atom. The number of benzene rings is 2. The Hall–Kier alpha value is -4.55. The molecule has 2 bridgehead atoms. The largest absolute Gasteiger partial charge is 0.491 e. The highest BCUT2D eigenvalue weighted by molar-refractivity contribution is 6.07. The smallest absolute Gasteiger partial charge is 0.430 e. The molecule has 40 heavy (non-hydrogen) atoms. The number of likely N-dealkylation sites (tertiary alicyclic amines) is 1. The maximum atomic E-state index is 14.9. The number of aromatic nitrogens is 2. The summed E-state index contributed by atoms with van der Waals surface area (Å²) in [6.07, 6.45) is -5.63. The van der Waals surface area contributed by atoms with Crippen LogP contribution in [0.4, 0.5) is 23.2 Å². The van der Waals surface area contributed by atoms with Crippen LogP contribution in [0.5, 0.6) is 0 Å². The van der Waals surface area contributed by atoms with Gasteiger partial charge in [-0.3, -0.25) is 19.3 Å². The molecule has 3 aromatic rings. The lowest BCUT2D eigenvalue weighted by Crippen LogP contribution is -2.61. The summed E-state index contributed by atoms with van der Waals surface area (Å²) >= 11 is 0. The first kappa shape index (κ1) is 27.0. The number of aromatic amines is 1. The van der Waals surface area contributed by atoms with Crippen LogP contribution in [-0.4, -0.2) is 57.4 Å². The predicted octanol–water partition coefficient (Wildman–Crippen LogP) is 3.18. The molecule has 208 valence electrons. The fourth-order valence-electron chi connectivity index (χ4n) is 5.13. The van der Waals surface area contributed by atoms with Crippen LogP contribution in [-0.2, 0) is 20.7 Å². The highest BCUT2D eigenvalue weighted by Gasteiger charge is 2.65. The van der Waals surface area contributed by atoms with E-state index in [1.165, 1.54) is 24.3 Å². The fraction of sp³-hybridized carbons (Fsp3) is 0.296. The molecule has 2 aromatic carbocycles. The molecular formula is C27H22F4N4O5. The SMILES string of the molecule is Cc1c(Cc2ccc(F)c(C(=O)N3C[C@@]4(OC(=O)C(F)(F)F)C[C@H]3C(=O)N4c3ccccc3)c2)n[nH]c(=O)c1C.